The van der Waals surface area contributed by atoms with E-state index in [1.54, 1.807) is 11.0 Å². The van der Waals surface area contributed by atoms with Crippen molar-refractivity contribution in [2.75, 3.05) is 18.9 Å². The minimum Gasteiger partial charge on any atom is -0.394 e. The van der Waals surface area contributed by atoms with Crippen LogP contribution in [0.25, 0.3) is 10.2 Å². The van der Waals surface area contributed by atoms with E-state index in [1.165, 1.54) is 11.3 Å². The Morgan fingerprint density at radius 1 is 1.58 bits per heavy atom. The first-order valence-corrected chi connectivity index (χ1v) is 7.08. The topological polar surface area (TPSA) is 79.5 Å². The second kappa shape index (κ2) is 4.79. The molecule has 0 saturated carbocycles. The Morgan fingerprint density at radius 2 is 2.42 bits per heavy atom. The van der Waals surface area contributed by atoms with Gasteiger partial charge in [-0.15, -0.1) is 0 Å². The molecule has 0 spiro atoms. The molecular formula is C13H15N3O2S. The van der Waals surface area contributed by atoms with Gasteiger partial charge in [-0.3, -0.25) is 4.79 Å². The van der Waals surface area contributed by atoms with Gasteiger partial charge in [-0.1, -0.05) is 11.3 Å². The average Bonchev–Trinajstić information content (AvgIpc) is 3.01. The zero-order chi connectivity index (χ0) is 13.4. The molecular weight excluding hydrogens is 262 g/mol. The Hall–Kier alpha value is -1.66. The molecule has 1 aromatic carbocycles. The van der Waals surface area contributed by atoms with E-state index in [1.807, 2.05) is 12.1 Å². The van der Waals surface area contributed by atoms with Crippen molar-refractivity contribution in [2.24, 2.45) is 0 Å². The van der Waals surface area contributed by atoms with Gasteiger partial charge in [0.05, 0.1) is 22.9 Å². The van der Waals surface area contributed by atoms with Crippen LogP contribution in [-0.2, 0) is 0 Å². The molecule has 5 nitrogen and oxygen atoms in total. The van der Waals surface area contributed by atoms with Crippen molar-refractivity contribution in [1.29, 1.82) is 0 Å². The van der Waals surface area contributed by atoms with Crippen LogP contribution in [0.5, 0.6) is 0 Å². The number of nitrogen functional groups attached to an aromatic ring is 1. The highest BCUT2D eigenvalue weighted by atomic mass is 32.1. The number of nitrogens with zero attached hydrogens (tertiary/aromatic N) is 2. The number of benzene rings is 1. The number of thiazole rings is 1. The molecule has 3 rings (SSSR count). The molecule has 2 heterocycles. The van der Waals surface area contributed by atoms with E-state index in [0.29, 0.717) is 17.2 Å². The van der Waals surface area contributed by atoms with Crippen LogP contribution in [0.1, 0.15) is 23.2 Å². The van der Waals surface area contributed by atoms with Crippen LogP contribution < -0.4 is 5.73 Å². The number of carbonyl (C=O) groups excluding carboxylic acids is 1. The molecule has 0 aliphatic carbocycles. The van der Waals surface area contributed by atoms with Gasteiger partial charge in [0.25, 0.3) is 5.91 Å². The number of aromatic nitrogens is 1. The van der Waals surface area contributed by atoms with Gasteiger partial charge in [-0.2, -0.15) is 0 Å². The quantitative estimate of drug-likeness (QED) is 0.871. The van der Waals surface area contributed by atoms with Crippen LogP contribution in [0.4, 0.5) is 5.13 Å². The first-order chi connectivity index (χ1) is 9.19. The summed E-state index contributed by atoms with van der Waals surface area (Å²) in [6.07, 6.45) is 1.82. The fraction of sp³-hybridized carbons (Fsp3) is 0.385. The lowest BCUT2D eigenvalue weighted by atomic mass is 10.1. The molecule has 6 heteroatoms. The molecule has 0 unspecified atom stereocenters. The highest BCUT2D eigenvalue weighted by Gasteiger charge is 2.28. The summed E-state index contributed by atoms with van der Waals surface area (Å²) in [4.78, 5) is 18.4. The number of fused-ring (bicyclic) bond motifs is 1. The summed E-state index contributed by atoms with van der Waals surface area (Å²) < 4.78 is 0.920. The van der Waals surface area contributed by atoms with E-state index < -0.39 is 0 Å². The minimum absolute atomic E-state index is 0.0228. The lowest BCUT2D eigenvalue weighted by molar-refractivity contribution is 0.0678. The second-order valence-corrected chi connectivity index (χ2v) is 5.77. The minimum atomic E-state index is -0.0465. The third-order valence-corrected chi connectivity index (χ3v) is 4.35. The zero-order valence-electron chi connectivity index (χ0n) is 10.4. The molecule has 3 N–H and O–H groups in total. The number of hydrogen-bond acceptors (Lipinski definition) is 5. The third-order valence-electron chi connectivity index (χ3n) is 3.50. The molecule has 1 aliphatic rings. The third kappa shape index (κ3) is 2.17. The molecule has 2 aromatic rings. The predicted octanol–water partition coefficient (Wildman–Crippen LogP) is 1.48. The molecule has 1 amide bonds. The first kappa shape index (κ1) is 12.4. The summed E-state index contributed by atoms with van der Waals surface area (Å²) in [5.41, 5.74) is 7.12. The molecule has 1 fully saturated rings. The van der Waals surface area contributed by atoms with Gasteiger partial charge in [0, 0.05) is 12.1 Å². The van der Waals surface area contributed by atoms with Gasteiger partial charge in [-0.25, -0.2) is 4.98 Å². The van der Waals surface area contributed by atoms with Gasteiger partial charge in [0.15, 0.2) is 5.13 Å². The molecule has 1 aromatic heterocycles. The number of carbonyl (C=O) groups is 1. The molecule has 19 heavy (non-hydrogen) atoms. The summed E-state index contributed by atoms with van der Waals surface area (Å²) in [5, 5.41) is 9.80. The van der Waals surface area contributed by atoms with Crippen LogP contribution in [0, 0.1) is 0 Å². The lowest BCUT2D eigenvalue weighted by Crippen LogP contribution is -2.37. The van der Waals surface area contributed by atoms with Gasteiger partial charge < -0.3 is 15.7 Å². The fourth-order valence-electron chi connectivity index (χ4n) is 2.53. The number of hydrogen-bond donors (Lipinski definition) is 2. The Morgan fingerprint density at radius 3 is 3.21 bits per heavy atom. The van der Waals surface area contributed by atoms with Crippen molar-refractivity contribution < 1.29 is 9.90 Å². The molecule has 1 saturated heterocycles. The monoisotopic (exact) mass is 277 g/mol. The number of amides is 1. The van der Waals surface area contributed by atoms with Gasteiger partial charge in [0.1, 0.15) is 0 Å². The predicted molar refractivity (Wildman–Crippen MR) is 75.2 cm³/mol. The highest BCUT2D eigenvalue weighted by Crippen LogP contribution is 2.26. The molecule has 0 radical (unpaired) electrons. The van der Waals surface area contributed by atoms with Crippen molar-refractivity contribution in [3.05, 3.63) is 23.8 Å². The summed E-state index contributed by atoms with van der Waals surface area (Å²) in [5.74, 6) is -0.0228. The Labute approximate surface area is 114 Å². The van der Waals surface area contributed by atoms with E-state index >= 15 is 0 Å². The fourth-order valence-corrected chi connectivity index (χ4v) is 3.31. The number of aliphatic hydroxyl groups excluding tert-OH is 1. The molecule has 1 atom stereocenters. The smallest absolute Gasteiger partial charge is 0.254 e. The van der Waals surface area contributed by atoms with E-state index in [4.69, 9.17) is 5.73 Å². The van der Waals surface area contributed by atoms with Crippen LogP contribution in [0.15, 0.2) is 18.2 Å². The zero-order valence-corrected chi connectivity index (χ0v) is 11.2. The second-order valence-electron chi connectivity index (χ2n) is 4.71. The average molecular weight is 277 g/mol. The number of anilines is 1. The number of likely N-dealkylation sites (tertiary alicyclic amines) is 1. The van der Waals surface area contributed by atoms with Crippen molar-refractivity contribution in [1.82, 2.24) is 9.88 Å². The van der Waals surface area contributed by atoms with E-state index in [-0.39, 0.29) is 18.6 Å². The molecule has 1 aliphatic heterocycles. The SMILES string of the molecule is Nc1nc2ccc(C(=O)N3CCC[C@@H]3CO)cc2s1. The summed E-state index contributed by atoms with van der Waals surface area (Å²) in [6.45, 7) is 0.744. The molecule has 100 valence electrons. The Balaban J connectivity index is 1.92. The lowest BCUT2D eigenvalue weighted by Gasteiger charge is -2.23. The van der Waals surface area contributed by atoms with Crippen molar-refractivity contribution in [3.8, 4) is 0 Å². The van der Waals surface area contributed by atoms with Gasteiger partial charge >= 0.3 is 0 Å². The van der Waals surface area contributed by atoms with Gasteiger partial charge in [-0.05, 0) is 31.0 Å². The maximum Gasteiger partial charge on any atom is 0.254 e. The summed E-state index contributed by atoms with van der Waals surface area (Å²) in [7, 11) is 0. The van der Waals surface area contributed by atoms with Crippen LogP contribution >= 0.6 is 11.3 Å². The standard InChI is InChI=1S/C13H15N3O2S/c14-13-15-10-4-3-8(6-11(10)19-13)12(18)16-5-1-2-9(16)7-17/h3-4,6,9,17H,1-2,5,7H2,(H2,14,15)/t9-/m1/s1. The normalized spacial score (nSPS) is 19.2. The van der Waals surface area contributed by atoms with Crippen LogP contribution in [-0.4, -0.2) is 40.1 Å². The first-order valence-electron chi connectivity index (χ1n) is 6.27. The largest absolute Gasteiger partial charge is 0.394 e. The van der Waals surface area contributed by atoms with Gasteiger partial charge in [0.2, 0.25) is 0 Å². The maximum atomic E-state index is 12.4. The summed E-state index contributed by atoms with van der Waals surface area (Å²) >= 11 is 1.38. The van der Waals surface area contributed by atoms with E-state index in [2.05, 4.69) is 4.98 Å². The van der Waals surface area contributed by atoms with Crippen molar-refractivity contribution >= 4 is 32.6 Å². The maximum absolute atomic E-state index is 12.4. The number of aliphatic hydroxyl groups is 1. The Kier molecular flexibility index (Phi) is 3.12. The highest BCUT2D eigenvalue weighted by molar-refractivity contribution is 7.22. The number of rotatable bonds is 2. The van der Waals surface area contributed by atoms with E-state index in [0.717, 1.165) is 23.1 Å². The number of nitrogens with two attached hydrogens (primary N) is 1. The van der Waals surface area contributed by atoms with Crippen LogP contribution in [0.2, 0.25) is 0 Å². The Bertz CT molecular complexity index is 625. The summed E-state index contributed by atoms with van der Waals surface area (Å²) in [6, 6.07) is 5.38. The van der Waals surface area contributed by atoms with Crippen molar-refractivity contribution in [3.63, 3.8) is 0 Å². The molecule has 0 bridgehead atoms. The van der Waals surface area contributed by atoms with Crippen molar-refractivity contribution in [2.45, 2.75) is 18.9 Å². The van der Waals surface area contributed by atoms with Crippen LogP contribution in [0.3, 0.4) is 0 Å². The van der Waals surface area contributed by atoms with E-state index in [9.17, 15) is 9.90 Å².